The average molecular weight is 322 g/mol. The topological polar surface area (TPSA) is 41.6 Å². The zero-order valence-corrected chi connectivity index (χ0v) is 11.2. The quantitative estimate of drug-likeness (QED) is 0.870. The molecule has 120 valence electrons. The Morgan fingerprint density at radius 1 is 1.18 bits per heavy atom. The highest BCUT2D eigenvalue weighted by molar-refractivity contribution is 5.84. The van der Waals surface area contributed by atoms with Crippen LogP contribution in [0, 0.1) is 0 Å². The molecule has 0 radical (unpaired) electrons. The molecule has 0 bridgehead atoms. The zero-order chi connectivity index (χ0) is 16.5. The number of halogens is 5. The summed E-state index contributed by atoms with van der Waals surface area (Å²) in [5, 5.41) is 1.84. The van der Waals surface area contributed by atoms with Crippen LogP contribution in [0.5, 0.6) is 0 Å². The Morgan fingerprint density at radius 2 is 1.77 bits per heavy atom. The Labute approximate surface area is 122 Å². The minimum absolute atomic E-state index is 0.232. The van der Waals surface area contributed by atoms with Crippen molar-refractivity contribution in [2.45, 2.75) is 12.1 Å². The van der Waals surface area contributed by atoms with Gasteiger partial charge in [-0.05, 0) is 12.1 Å². The van der Waals surface area contributed by atoms with Crippen LogP contribution in [0.15, 0.2) is 36.2 Å². The van der Waals surface area contributed by atoms with Crippen molar-refractivity contribution in [3.8, 4) is 0 Å². The molecular weight excluding hydrogens is 311 g/mol. The number of nitrogens with zero attached hydrogens (tertiary/aromatic N) is 1. The van der Waals surface area contributed by atoms with Crippen molar-refractivity contribution in [2.75, 3.05) is 18.7 Å². The smallest absolute Gasteiger partial charge is 0.450 e. The van der Waals surface area contributed by atoms with Gasteiger partial charge in [0.25, 0.3) is 5.91 Å². The largest absolute Gasteiger partial charge is 0.466 e. The van der Waals surface area contributed by atoms with Crippen molar-refractivity contribution in [1.29, 1.82) is 0 Å². The highest BCUT2D eigenvalue weighted by Gasteiger charge is 2.41. The highest BCUT2D eigenvalue weighted by atomic mass is 19.4. The summed E-state index contributed by atoms with van der Waals surface area (Å²) in [6.07, 6.45) is -3.87. The number of hydrogen-bond donors (Lipinski definition) is 1. The van der Waals surface area contributed by atoms with E-state index in [1.165, 1.54) is 12.1 Å². The van der Waals surface area contributed by atoms with Gasteiger partial charge in [-0.2, -0.15) is 22.0 Å². The number of anilines is 1. The molecule has 4 nitrogen and oxygen atoms in total. The lowest BCUT2D eigenvalue weighted by atomic mass is 10.1. The minimum Gasteiger partial charge on any atom is -0.466 e. The number of carbonyl (C=O) groups is 1. The van der Waals surface area contributed by atoms with E-state index in [0.717, 1.165) is 30.3 Å². The Balaban J connectivity index is 2.21. The first kappa shape index (κ1) is 16.1. The maximum Gasteiger partial charge on any atom is 0.450 e. The van der Waals surface area contributed by atoms with E-state index >= 15 is 0 Å². The van der Waals surface area contributed by atoms with Crippen LogP contribution in [0.3, 0.4) is 0 Å². The van der Waals surface area contributed by atoms with Gasteiger partial charge in [0, 0.05) is 18.3 Å². The standard InChI is InChI=1S/C13H11F5N2O2/c1-19-11(21)12(14,15)8-2-4-9(5-3-8)20-6-10(22-7-20)13(16,17)18/h2-6H,7H2,1H3,(H,19,21). The van der Waals surface area contributed by atoms with Gasteiger partial charge in [-0.1, -0.05) is 12.1 Å². The average Bonchev–Trinajstić information content (AvgIpc) is 2.96. The number of hydrogen-bond acceptors (Lipinski definition) is 3. The van der Waals surface area contributed by atoms with Crippen molar-refractivity contribution in [3.05, 3.63) is 41.8 Å². The van der Waals surface area contributed by atoms with Gasteiger partial charge in [0.2, 0.25) is 5.76 Å². The predicted molar refractivity (Wildman–Crippen MR) is 67.0 cm³/mol. The van der Waals surface area contributed by atoms with E-state index in [4.69, 9.17) is 0 Å². The fourth-order valence-corrected chi connectivity index (χ4v) is 1.81. The van der Waals surface area contributed by atoms with Crippen LogP contribution in [0.2, 0.25) is 0 Å². The fourth-order valence-electron chi connectivity index (χ4n) is 1.81. The van der Waals surface area contributed by atoms with Gasteiger partial charge in [0.15, 0.2) is 6.73 Å². The summed E-state index contributed by atoms with van der Waals surface area (Å²) in [6.45, 7) is -0.375. The Kier molecular flexibility index (Phi) is 3.99. The van der Waals surface area contributed by atoms with Crippen LogP contribution in [0.25, 0.3) is 0 Å². The van der Waals surface area contributed by atoms with Crippen LogP contribution >= 0.6 is 0 Å². The van der Waals surface area contributed by atoms with E-state index in [-0.39, 0.29) is 12.4 Å². The number of carbonyl (C=O) groups excluding carboxylic acids is 1. The lowest BCUT2D eigenvalue weighted by Crippen LogP contribution is -2.35. The van der Waals surface area contributed by atoms with Crippen LogP contribution in [0.4, 0.5) is 27.6 Å². The lowest BCUT2D eigenvalue weighted by Gasteiger charge is -2.17. The molecule has 2 rings (SSSR count). The first-order chi connectivity index (χ1) is 10.2. The van der Waals surface area contributed by atoms with Gasteiger partial charge in [-0.15, -0.1) is 0 Å². The monoisotopic (exact) mass is 322 g/mol. The van der Waals surface area contributed by atoms with E-state index in [1.54, 1.807) is 0 Å². The van der Waals surface area contributed by atoms with Gasteiger partial charge in [-0.3, -0.25) is 4.79 Å². The SMILES string of the molecule is CNC(=O)C(F)(F)c1ccc(N2C=C(C(F)(F)F)OC2)cc1. The number of alkyl halides is 5. The first-order valence-electron chi connectivity index (χ1n) is 6.05. The maximum atomic E-state index is 13.7. The number of benzene rings is 1. The summed E-state index contributed by atoms with van der Waals surface area (Å²) in [5.41, 5.74) is -0.327. The van der Waals surface area contributed by atoms with Crippen molar-refractivity contribution in [2.24, 2.45) is 0 Å². The normalized spacial score (nSPS) is 15.4. The van der Waals surface area contributed by atoms with Crippen molar-refractivity contribution in [3.63, 3.8) is 0 Å². The molecule has 0 aromatic heterocycles. The third-order valence-electron chi connectivity index (χ3n) is 2.99. The number of ether oxygens (including phenoxy) is 1. The Bertz CT molecular complexity index is 595. The highest BCUT2D eigenvalue weighted by Crippen LogP contribution is 2.34. The molecule has 0 fully saturated rings. The summed E-state index contributed by atoms with van der Waals surface area (Å²) >= 11 is 0. The summed E-state index contributed by atoms with van der Waals surface area (Å²) < 4.78 is 69.1. The van der Waals surface area contributed by atoms with Crippen LogP contribution in [-0.2, 0) is 15.5 Å². The zero-order valence-electron chi connectivity index (χ0n) is 11.2. The number of nitrogens with one attached hydrogen (secondary N) is 1. The van der Waals surface area contributed by atoms with E-state index in [0.29, 0.717) is 0 Å². The van der Waals surface area contributed by atoms with Crippen molar-refractivity contribution < 1.29 is 31.5 Å². The summed E-state index contributed by atoms with van der Waals surface area (Å²) in [4.78, 5) is 12.2. The molecule has 9 heteroatoms. The Morgan fingerprint density at radius 3 is 2.23 bits per heavy atom. The molecular formula is C13H11F5N2O2. The molecule has 1 aromatic carbocycles. The second-order valence-corrected chi connectivity index (χ2v) is 4.43. The van der Waals surface area contributed by atoms with Crippen molar-refractivity contribution >= 4 is 11.6 Å². The van der Waals surface area contributed by atoms with Crippen LogP contribution in [0.1, 0.15) is 5.56 Å². The number of rotatable bonds is 3. The summed E-state index contributed by atoms with van der Waals surface area (Å²) in [6, 6.07) is 4.32. The summed E-state index contributed by atoms with van der Waals surface area (Å²) in [5.74, 6) is -6.35. The molecule has 0 saturated carbocycles. The Hall–Kier alpha value is -2.32. The van der Waals surface area contributed by atoms with E-state index in [2.05, 4.69) is 4.74 Å². The van der Waals surface area contributed by atoms with E-state index in [1.807, 2.05) is 5.32 Å². The van der Waals surface area contributed by atoms with Gasteiger partial charge in [0.1, 0.15) is 0 Å². The van der Waals surface area contributed by atoms with E-state index in [9.17, 15) is 26.7 Å². The van der Waals surface area contributed by atoms with Gasteiger partial charge >= 0.3 is 12.1 Å². The number of amides is 1. The molecule has 1 amide bonds. The van der Waals surface area contributed by atoms with Gasteiger partial charge in [0.05, 0.1) is 6.20 Å². The van der Waals surface area contributed by atoms with Crippen LogP contribution in [-0.4, -0.2) is 25.9 Å². The molecule has 0 spiro atoms. The predicted octanol–water partition coefficient (Wildman–Crippen LogP) is 2.72. The molecule has 0 unspecified atom stereocenters. The van der Waals surface area contributed by atoms with E-state index < -0.39 is 29.3 Å². The van der Waals surface area contributed by atoms with Gasteiger partial charge < -0.3 is 15.0 Å². The molecule has 1 aromatic rings. The molecule has 22 heavy (non-hydrogen) atoms. The lowest BCUT2D eigenvalue weighted by molar-refractivity contribution is -0.146. The number of likely N-dealkylation sites (N-methyl/N-ethyl adjacent to an activating group) is 1. The molecule has 1 N–H and O–H groups in total. The molecule has 0 aliphatic carbocycles. The minimum atomic E-state index is -4.61. The molecule has 0 atom stereocenters. The molecule has 0 saturated heterocycles. The second kappa shape index (κ2) is 5.47. The van der Waals surface area contributed by atoms with Gasteiger partial charge in [-0.25, -0.2) is 0 Å². The van der Waals surface area contributed by atoms with Crippen LogP contribution < -0.4 is 10.2 Å². The molecule has 1 heterocycles. The first-order valence-corrected chi connectivity index (χ1v) is 6.05. The van der Waals surface area contributed by atoms with Crippen molar-refractivity contribution in [1.82, 2.24) is 5.32 Å². The maximum absolute atomic E-state index is 13.7. The third-order valence-corrected chi connectivity index (χ3v) is 2.99. The third kappa shape index (κ3) is 2.97. The molecule has 1 aliphatic rings. The summed E-state index contributed by atoms with van der Waals surface area (Å²) in [7, 11) is 1.08. The number of allylic oxidation sites excluding steroid dienone is 1. The molecule has 1 aliphatic heterocycles. The second-order valence-electron chi connectivity index (χ2n) is 4.43. The fraction of sp³-hybridized carbons (Fsp3) is 0.308.